The van der Waals surface area contributed by atoms with E-state index in [0.29, 0.717) is 0 Å². The maximum absolute atomic E-state index is 5.63. The van der Waals surface area contributed by atoms with Gasteiger partial charge in [-0.2, -0.15) is 0 Å². The highest BCUT2D eigenvalue weighted by Crippen LogP contribution is 2.25. The molecule has 2 aromatic rings. The zero-order valence-electron chi connectivity index (χ0n) is 10.7. The normalized spacial score (nSPS) is 17.3. The summed E-state index contributed by atoms with van der Waals surface area (Å²) < 4.78 is 2.81. The van der Waals surface area contributed by atoms with Crippen LogP contribution in [0, 0.1) is 5.92 Å². The molecule has 0 radical (unpaired) electrons. The largest absolute Gasteiger partial charge is 0.342 e. The Morgan fingerprint density at radius 1 is 1.37 bits per heavy atom. The van der Waals surface area contributed by atoms with E-state index in [-0.39, 0.29) is 0 Å². The molecule has 0 unspecified atom stereocenters. The molecule has 2 N–H and O–H groups in total. The average molecular weight is 325 g/mol. The number of hydrogen-bond acceptors (Lipinski definition) is 5. The minimum absolute atomic E-state index is 0.758. The first-order valence-electron chi connectivity index (χ1n) is 6.59. The lowest BCUT2D eigenvalue weighted by Crippen LogP contribution is -2.36. The van der Waals surface area contributed by atoms with Crippen molar-refractivity contribution >= 4 is 27.5 Å². The molecule has 3 rings (SSSR count). The molecule has 3 heterocycles. The molecule has 0 saturated carbocycles. The number of nitrogens with zero attached hydrogens (tertiary/aromatic N) is 5. The Morgan fingerprint density at radius 3 is 2.89 bits per heavy atom. The lowest BCUT2D eigenvalue weighted by atomic mass is 9.94. The van der Waals surface area contributed by atoms with Crippen molar-refractivity contribution in [3.63, 3.8) is 0 Å². The summed E-state index contributed by atoms with van der Waals surface area (Å²) in [7, 11) is 0. The summed E-state index contributed by atoms with van der Waals surface area (Å²) in [6, 6.07) is 0. The molecule has 0 aromatic carbocycles. The Kier molecular flexibility index (Phi) is 3.65. The van der Waals surface area contributed by atoms with Crippen molar-refractivity contribution in [3.8, 4) is 0 Å². The number of piperidine rings is 1. The van der Waals surface area contributed by atoms with E-state index in [2.05, 4.69) is 36.0 Å². The van der Waals surface area contributed by atoms with Gasteiger partial charge in [-0.25, -0.2) is 9.38 Å². The molecule has 19 heavy (non-hydrogen) atoms. The quantitative estimate of drug-likeness (QED) is 0.925. The fraction of sp³-hybridized carbons (Fsp3) is 0.583. The number of nitrogens with two attached hydrogens (primary N) is 1. The van der Waals surface area contributed by atoms with E-state index in [1.807, 2.05) is 4.40 Å². The van der Waals surface area contributed by atoms with Crippen molar-refractivity contribution in [3.05, 3.63) is 17.0 Å². The second-order valence-corrected chi connectivity index (χ2v) is 5.79. The van der Waals surface area contributed by atoms with Gasteiger partial charge in [0, 0.05) is 19.3 Å². The van der Waals surface area contributed by atoms with Crippen molar-refractivity contribution in [2.24, 2.45) is 11.7 Å². The van der Waals surface area contributed by atoms with E-state index in [1.54, 1.807) is 12.5 Å². The van der Waals surface area contributed by atoms with Crippen LogP contribution in [0.2, 0.25) is 0 Å². The number of fused-ring (bicyclic) bond motifs is 1. The first kappa shape index (κ1) is 12.8. The first-order chi connectivity index (χ1) is 9.29. The zero-order chi connectivity index (χ0) is 13.2. The van der Waals surface area contributed by atoms with Gasteiger partial charge in [0.05, 0.1) is 4.47 Å². The highest BCUT2D eigenvalue weighted by atomic mass is 79.9. The van der Waals surface area contributed by atoms with Gasteiger partial charge in [0.2, 0.25) is 5.95 Å². The van der Waals surface area contributed by atoms with Crippen molar-refractivity contribution in [2.75, 3.05) is 24.5 Å². The summed E-state index contributed by atoms with van der Waals surface area (Å²) in [6.45, 7) is 2.83. The van der Waals surface area contributed by atoms with Crippen LogP contribution in [0.25, 0.3) is 5.65 Å². The number of hydrogen-bond donors (Lipinski definition) is 1. The van der Waals surface area contributed by atoms with Crippen LogP contribution in [0.1, 0.15) is 19.3 Å². The molecule has 0 amide bonds. The van der Waals surface area contributed by atoms with Crippen LogP contribution < -0.4 is 10.6 Å². The smallest absolute Gasteiger partial charge is 0.212 e. The number of halogens is 1. The molecule has 6 nitrogen and oxygen atoms in total. The fourth-order valence-corrected chi connectivity index (χ4v) is 3.04. The van der Waals surface area contributed by atoms with Gasteiger partial charge in [-0.1, -0.05) is 0 Å². The summed E-state index contributed by atoms with van der Waals surface area (Å²) in [5, 5.41) is 8.06. The minimum atomic E-state index is 0.758. The molecule has 1 fully saturated rings. The van der Waals surface area contributed by atoms with Crippen LogP contribution in [0.15, 0.2) is 17.0 Å². The highest BCUT2D eigenvalue weighted by Gasteiger charge is 2.21. The monoisotopic (exact) mass is 324 g/mol. The summed E-state index contributed by atoms with van der Waals surface area (Å²) in [4.78, 5) is 6.81. The van der Waals surface area contributed by atoms with E-state index < -0.39 is 0 Å². The lowest BCUT2D eigenvalue weighted by molar-refractivity contribution is 0.383. The van der Waals surface area contributed by atoms with Crippen molar-refractivity contribution in [2.45, 2.75) is 19.3 Å². The van der Waals surface area contributed by atoms with Gasteiger partial charge in [-0.05, 0) is 47.7 Å². The first-order valence-corrected chi connectivity index (χ1v) is 7.38. The average Bonchev–Trinajstić information content (AvgIpc) is 2.91. The number of anilines is 1. The van der Waals surface area contributed by atoms with Crippen LogP contribution in [0.3, 0.4) is 0 Å². The van der Waals surface area contributed by atoms with Gasteiger partial charge in [-0.15, -0.1) is 10.2 Å². The third-order valence-electron chi connectivity index (χ3n) is 3.74. The molecule has 0 bridgehead atoms. The second kappa shape index (κ2) is 5.42. The molecule has 102 valence electrons. The van der Waals surface area contributed by atoms with Gasteiger partial charge in [-0.3, -0.25) is 0 Å². The highest BCUT2D eigenvalue weighted by molar-refractivity contribution is 9.10. The summed E-state index contributed by atoms with van der Waals surface area (Å²) in [5.41, 5.74) is 6.44. The van der Waals surface area contributed by atoms with Gasteiger partial charge in [0.15, 0.2) is 5.65 Å². The fourth-order valence-electron chi connectivity index (χ4n) is 2.67. The summed E-state index contributed by atoms with van der Waals surface area (Å²) in [6.07, 6.45) is 7.00. The van der Waals surface area contributed by atoms with Crippen LogP contribution in [-0.4, -0.2) is 39.2 Å². The van der Waals surface area contributed by atoms with Crippen LogP contribution in [0.4, 0.5) is 5.95 Å². The van der Waals surface area contributed by atoms with Crippen molar-refractivity contribution in [1.29, 1.82) is 0 Å². The SMILES string of the molecule is NCCC1CCN(c2ncc(Br)c3nncn23)CC1. The molecule has 0 spiro atoms. The Balaban J connectivity index is 1.82. The number of rotatable bonds is 3. The molecule has 7 heteroatoms. The standard InChI is InChI=1S/C12H17BrN6/c13-10-7-15-12(19-8-16-17-11(10)19)18-5-2-9(1-4-14)3-6-18/h7-9H,1-6,14H2. The number of aromatic nitrogens is 4. The van der Waals surface area contributed by atoms with Crippen molar-refractivity contribution < 1.29 is 0 Å². The van der Waals surface area contributed by atoms with E-state index in [1.165, 1.54) is 12.8 Å². The topological polar surface area (TPSA) is 72.3 Å². The van der Waals surface area contributed by atoms with E-state index in [9.17, 15) is 0 Å². The summed E-state index contributed by atoms with van der Waals surface area (Å²) in [5.74, 6) is 1.68. The van der Waals surface area contributed by atoms with Gasteiger partial charge < -0.3 is 10.6 Å². The molecule has 1 saturated heterocycles. The predicted molar refractivity (Wildman–Crippen MR) is 77.1 cm³/mol. The van der Waals surface area contributed by atoms with E-state index in [0.717, 1.165) is 48.0 Å². The minimum Gasteiger partial charge on any atom is -0.342 e. The molecule has 1 aliphatic heterocycles. The van der Waals surface area contributed by atoms with Gasteiger partial charge in [0.1, 0.15) is 6.33 Å². The maximum atomic E-state index is 5.63. The van der Waals surface area contributed by atoms with Crippen molar-refractivity contribution in [1.82, 2.24) is 19.6 Å². The molecular weight excluding hydrogens is 308 g/mol. The molecule has 0 atom stereocenters. The second-order valence-electron chi connectivity index (χ2n) is 4.94. The molecular formula is C12H17BrN6. The predicted octanol–water partition coefficient (Wildman–Crippen LogP) is 1.45. The molecule has 2 aromatic heterocycles. The molecule has 0 aliphatic carbocycles. The van der Waals surface area contributed by atoms with Crippen LogP contribution in [0.5, 0.6) is 0 Å². The zero-order valence-corrected chi connectivity index (χ0v) is 12.3. The Bertz CT molecular complexity index is 560. The lowest BCUT2D eigenvalue weighted by Gasteiger charge is -2.32. The van der Waals surface area contributed by atoms with Gasteiger partial charge in [0.25, 0.3) is 0 Å². The van der Waals surface area contributed by atoms with Gasteiger partial charge >= 0.3 is 0 Å². The Morgan fingerprint density at radius 2 is 2.16 bits per heavy atom. The van der Waals surface area contributed by atoms with E-state index in [4.69, 9.17) is 5.73 Å². The third-order valence-corrected chi connectivity index (χ3v) is 4.30. The third kappa shape index (κ3) is 2.44. The molecule has 1 aliphatic rings. The Labute approximate surface area is 120 Å². The van der Waals surface area contributed by atoms with E-state index >= 15 is 0 Å². The Hall–Kier alpha value is -1.21. The maximum Gasteiger partial charge on any atom is 0.212 e. The summed E-state index contributed by atoms with van der Waals surface area (Å²) >= 11 is 3.45. The van der Waals surface area contributed by atoms with Crippen LogP contribution >= 0.6 is 15.9 Å². The van der Waals surface area contributed by atoms with Crippen LogP contribution in [-0.2, 0) is 0 Å².